The maximum Gasteiger partial charge on any atom is 0.514 e. The lowest BCUT2D eigenvalue weighted by Gasteiger charge is -2.14. The maximum absolute atomic E-state index is 11.5. The molecule has 1 unspecified atom stereocenters. The molecule has 7 nitrogen and oxygen atoms in total. The molecule has 0 radical (unpaired) electrons. The Morgan fingerprint density at radius 2 is 2.21 bits per heavy atom. The highest BCUT2D eigenvalue weighted by Gasteiger charge is 2.28. The summed E-state index contributed by atoms with van der Waals surface area (Å²) in [6.45, 7) is 1.91. The molecule has 0 aromatic heterocycles. The van der Waals surface area contributed by atoms with Crippen molar-refractivity contribution in [3.8, 4) is 0 Å². The van der Waals surface area contributed by atoms with Gasteiger partial charge in [0.25, 0.3) is 0 Å². The van der Waals surface area contributed by atoms with E-state index in [-0.39, 0.29) is 12.2 Å². The second-order valence-corrected chi connectivity index (χ2v) is 4.32. The monoisotopic (exact) mass is 291 g/mol. The lowest BCUT2D eigenvalue weighted by atomic mass is 10.3. The molecule has 0 spiro atoms. The molecule has 0 aromatic rings. The molecule has 0 N–H and O–H groups in total. The van der Waals surface area contributed by atoms with Crippen LogP contribution in [0.25, 0.3) is 0 Å². The van der Waals surface area contributed by atoms with Crippen LogP contribution in [-0.2, 0) is 19.0 Å². The second-order valence-electron chi connectivity index (χ2n) is 3.90. The van der Waals surface area contributed by atoms with Crippen LogP contribution in [-0.4, -0.2) is 42.1 Å². The van der Waals surface area contributed by atoms with Crippen molar-refractivity contribution in [1.29, 1.82) is 0 Å². The highest BCUT2D eigenvalue weighted by atomic mass is 35.5. The Bertz CT molecular complexity index is 408. The fraction of sp³-hybridized carbons (Fsp3) is 0.545. The second kappa shape index (κ2) is 6.98. The van der Waals surface area contributed by atoms with E-state index in [1.807, 2.05) is 0 Å². The lowest BCUT2D eigenvalue weighted by Crippen LogP contribution is -2.27. The van der Waals surface area contributed by atoms with E-state index in [1.54, 1.807) is 6.92 Å². The van der Waals surface area contributed by atoms with E-state index in [9.17, 15) is 14.4 Å². The highest BCUT2D eigenvalue weighted by Crippen LogP contribution is 2.18. The number of hydrogen-bond acceptors (Lipinski definition) is 6. The van der Waals surface area contributed by atoms with Gasteiger partial charge in [0.2, 0.25) is 5.24 Å². The van der Waals surface area contributed by atoms with Gasteiger partial charge in [-0.3, -0.25) is 4.79 Å². The summed E-state index contributed by atoms with van der Waals surface area (Å²) in [5.74, 6) is 0.127. The van der Waals surface area contributed by atoms with Crippen molar-refractivity contribution < 1.29 is 28.6 Å². The summed E-state index contributed by atoms with van der Waals surface area (Å²) in [7, 11) is 1.51. The van der Waals surface area contributed by atoms with Crippen LogP contribution < -0.4 is 0 Å². The summed E-state index contributed by atoms with van der Waals surface area (Å²) in [5.41, 5.74) is 0. The lowest BCUT2D eigenvalue weighted by molar-refractivity contribution is -0.111. The first-order chi connectivity index (χ1) is 8.90. The van der Waals surface area contributed by atoms with Crippen LogP contribution in [0.15, 0.2) is 12.0 Å². The third-order valence-electron chi connectivity index (χ3n) is 2.33. The SMILES string of the molecule is CC1OC(=O)OC1=COC(=O)N(C)CCCC(=O)Cl. The van der Waals surface area contributed by atoms with Gasteiger partial charge in [-0.1, -0.05) is 0 Å². The summed E-state index contributed by atoms with van der Waals surface area (Å²) in [4.78, 5) is 34.1. The van der Waals surface area contributed by atoms with Crippen molar-refractivity contribution >= 4 is 29.1 Å². The molecular weight excluding hydrogens is 278 g/mol. The quantitative estimate of drug-likeness (QED) is 0.438. The fourth-order valence-corrected chi connectivity index (χ4v) is 1.40. The number of carbonyl (C=O) groups is 3. The van der Waals surface area contributed by atoms with Crippen molar-refractivity contribution in [2.24, 2.45) is 0 Å². The molecule has 1 aliphatic rings. The average molecular weight is 292 g/mol. The molecule has 19 heavy (non-hydrogen) atoms. The third-order valence-corrected chi connectivity index (χ3v) is 2.52. The summed E-state index contributed by atoms with van der Waals surface area (Å²) in [6, 6.07) is 0. The largest absolute Gasteiger partial charge is 0.514 e. The first-order valence-corrected chi connectivity index (χ1v) is 5.96. The Morgan fingerprint density at radius 3 is 2.74 bits per heavy atom. The van der Waals surface area contributed by atoms with Crippen LogP contribution in [0.2, 0.25) is 0 Å². The zero-order valence-corrected chi connectivity index (χ0v) is 11.3. The Balaban J connectivity index is 2.36. The smallest absolute Gasteiger partial charge is 0.423 e. The molecule has 106 valence electrons. The van der Waals surface area contributed by atoms with Gasteiger partial charge < -0.3 is 19.1 Å². The van der Waals surface area contributed by atoms with E-state index in [1.165, 1.54) is 11.9 Å². The van der Waals surface area contributed by atoms with Gasteiger partial charge in [-0.15, -0.1) is 0 Å². The molecule has 1 atom stereocenters. The van der Waals surface area contributed by atoms with Crippen molar-refractivity contribution in [2.45, 2.75) is 25.9 Å². The Morgan fingerprint density at radius 1 is 1.53 bits per heavy atom. The number of carbonyl (C=O) groups excluding carboxylic acids is 3. The summed E-state index contributed by atoms with van der Waals surface area (Å²) < 4.78 is 14.1. The van der Waals surface area contributed by atoms with E-state index < -0.39 is 23.6 Å². The van der Waals surface area contributed by atoms with E-state index in [2.05, 4.69) is 9.47 Å². The molecule has 0 bridgehead atoms. The van der Waals surface area contributed by atoms with E-state index >= 15 is 0 Å². The number of hydrogen-bond donors (Lipinski definition) is 0. The van der Waals surface area contributed by atoms with Crippen LogP contribution in [0.1, 0.15) is 19.8 Å². The zero-order valence-electron chi connectivity index (χ0n) is 10.6. The number of rotatable bonds is 5. The van der Waals surface area contributed by atoms with Crippen LogP contribution in [0.3, 0.4) is 0 Å². The first kappa shape index (κ1) is 15.3. The predicted molar refractivity (Wildman–Crippen MR) is 64.3 cm³/mol. The summed E-state index contributed by atoms with van der Waals surface area (Å²) in [6.07, 6.45) is -0.393. The molecular formula is C11H14ClNO6. The van der Waals surface area contributed by atoms with Gasteiger partial charge in [0.15, 0.2) is 11.9 Å². The number of cyclic esters (lactones) is 2. The number of halogens is 1. The van der Waals surface area contributed by atoms with Gasteiger partial charge in [0.05, 0.1) is 0 Å². The van der Waals surface area contributed by atoms with Crippen LogP contribution >= 0.6 is 11.6 Å². The fourth-order valence-electron chi connectivity index (χ4n) is 1.27. The molecule has 0 saturated carbocycles. The van der Waals surface area contributed by atoms with Crippen LogP contribution in [0.5, 0.6) is 0 Å². The normalized spacial score (nSPS) is 19.8. The van der Waals surface area contributed by atoms with E-state index in [0.717, 1.165) is 6.26 Å². The minimum atomic E-state index is -0.830. The predicted octanol–water partition coefficient (Wildman–Crippen LogP) is 2.00. The minimum absolute atomic E-state index is 0.127. The Labute approximate surface area is 115 Å². The molecule has 1 aliphatic heterocycles. The molecule has 1 rings (SSSR count). The molecule has 1 amide bonds. The topological polar surface area (TPSA) is 82.1 Å². The van der Waals surface area contributed by atoms with E-state index in [0.29, 0.717) is 13.0 Å². The van der Waals surface area contributed by atoms with Crippen molar-refractivity contribution in [3.63, 3.8) is 0 Å². The Hall–Kier alpha value is -1.76. The minimum Gasteiger partial charge on any atom is -0.423 e. The van der Waals surface area contributed by atoms with Gasteiger partial charge >= 0.3 is 12.2 Å². The molecule has 1 heterocycles. The van der Waals surface area contributed by atoms with Gasteiger partial charge in [-0.25, -0.2) is 9.59 Å². The van der Waals surface area contributed by atoms with Crippen molar-refractivity contribution in [2.75, 3.05) is 13.6 Å². The van der Waals surface area contributed by atoms with Crippen molar-refractivity contribution in [3.05, 3.63) is 12.0 Å². The maximum atomic E-state index is 11.5. The number of ether oxygens (including phenoxy) is 3. The third kappa shape index (κ3) is 5.17. The molecule has 1 fully saturated rings. The average Bonchev–Trinajstić information content (AvgIpc) is 2.64. The zero-order chi connectivity index (χ0) is 14.4. The summed E-state index contributed by atoms with van der Waals surface area (Å²) in [5, 5.41) is -0.451. The molecule has 8 heteroatoms. The summed E-state index contributed by atoms with van der Waals surface area (Å²) >= 11 is 5.17. The van der Waals surface area contributed by atoms with Gasteiger partial charge in [0, 0.05) is 20.0 Å². The molecule has 1 saturated heterocycles. The number of nitrogens with zero attached hydrogens (tertiary/aromatic N) is 1. The molecule has 0 aliphatic carbocycles. The molecule has 0 aromatic carbocycles. The van der Waals surface area contributed by atoms with Gasteiger partial charge in [-0.2, -0.15) is 0 Å². The van der Waals surface area contributed by atoms with Crippen LogP contribution in [0.4, 0.5) is 9.59 Å². The Kier molecular flexibility index (Phi) is 5.62. The number of amides is 1. The van der Waals surface area contributed by atoms with Crippen LogP contribution in [0, 0.1) is 0 Å². The first-order valence-electron chi connectivity index (χ1n) is 5.58. The van der Waals surface area contributed by atoms with Gasteiger partial charge in [-0.05, 0) is 24.9 Å². The van der Waals surface area contributed by atoms with Gasteiger partial charge in [0.1, 0.15) is 6.26 Å². The van der Waals surface area contributed by atoms with E-state index in [4.69, 9.17) is 16.3 Å². The standard InChI is InChI=1S/C11H14ClNO6/c1-7-8(19-11(16)18-7)6-17-10(15)13(2)5-3-4-9(12)14/h6-7H,3-5H2,1-2H3. The van der Waals surface area contributed by atoms with Crippen molar-refractivity contribution in [1.82, 2.24) is 4.90 Å². The highest BCUT2D eigenvalue weighted by molar-refractivity contribution is 6.63.